The van der Waals surface area contributed by atoms with Gasteiger partial charge in [-0.15, -0.1) is 0 Å². The molecule has 0 saturated carbocycles. The SMILES string of the molecule is O=C(COC(=O)c1ccc2c(c1)[C@@H]1C=CC[C@H]1[C@@H](c1ccc([N+](=O)[O-])cc1)N2)c1ccc(-c2ccccc2)cc1. The van der Waals surface area contributed by atoms with Gasteiger partial charge < -0.3 is 10.1 Å². The molecule has 1 aliphatic carbocycles. The maximum absolute atomic E-state index is 12.9. The number of rotatable bonds is 7. The van der Waals surface area contributed by atoms with Crippen LogP contribution in [-0.4, -0.2) is 23.3 Å². The number of Topliss-reactive ketones (excluding diaryl/α,β-unsaturated/α-hetero) is 1. The number of non-ortho nitro benzene ring substituents is 1. The molecule has 2 aliphatic rings. The van der Waals surface area contributed by atoms with Gasteiger partial charge in [0.05, 0.1) is 16.5 Å². The molecule has 0 saturated heterocycles. The van der Waals surface area contributed by atoms with E-state index in [4.69, 9.17) is 4.74 Å². The van der Waals surface area contributed by atoms with Crippen LogP contribution in [0.15, 0.2) is 109 Å². The minimum absolute atomic E-state index is 0.0167. The molecule has 0 bridgehead atoms. The molecule has 3 atom stereocenters. The number of benzene rings is 4. The van der Waals surface area contributed by atoms with Gasteiger partial charge in [0.2, 0.25) is 0 Å². The summed E-state index contributed by atoms with van der Waals surface area (Å²) in [6.07, 6.45) is 5.14. The summed E-state index contributed by atoms with van der Waals surface area (Å²) >= 11 is 0. The largest absolute Gasteiger partial charge is 0.454 e. The monoisotopic (exact) mass is 530 g/mol. The van der Waals surface area contributed by atoms with Crippen LogP contribution >= 0.6 is 0 Å². The standard InChI is InChI=1S/C33H26N2O5/c36-31(23-11-9-22(10-12-23)21-5-2-1-3-6-21)20-40-33(37)25-15-18-30-29(19-25)27-7-4-8-28(27)32(34-30)24-13-16-26(17-14-24)35(38)39/h1-7,9-19,27-28,32,34H,8,20H2/t27-,28-,32-/m1/s1. The quantitative estimate of drug-likeness (QED) is 0.0897. The van der Waals surface area contributed by atoms with Crippen LogP contribution in [0.25, 0.3) is 11.1 Å². The number of ketones is 1. The normalized spacial score (nSPS) is 18.8. The number of ether oxygens (including phenoxy) is 1. The number of anilines is 1. The Morgan fingerprint density at radius 1 is 0.875 bits per heavy atom. The Morgan fingerprint density at radius 2 is 1.57 bits per heavy atom. The van der Waals surface area contributed by atoms with Crippen molar-refractivity contribution < 1.29 is 19.2 Å². The number of nitro benzene ring substituents is 1. The fourth-order valence-electron chi connectivity index (χ4n) is 5.63. The van der Waals surface area contributed by atoms with Gasteiger partial charge in [-0.1, -0.05) is 78.9 Å². The molecule has 0 spiro atoms. The van der Waals surface area contributed by atoms with Gasteiger partial charge >= 0.3 is 5.97 Å². The van der Waals surface area contributed by atoms with Crippen LogP contribution in [0.5, 0.6) is 0 Å². The third-order valence-corrected chi connectivity index (χ3v) is 7.71. The van der Waals surface area contributed by atoms with E-state index in [0.29, 0.717) is 11.1 Å². The summed E-state index contributed by atoms with van der Waals surface area (Å²) in [5.74, 6) is -0.514. The summed E-state index contributed by atoms with van der Waals surface area (Å²) in [4.78, 5) is 36.3. The summed E-state index contributed by atoms with van der Waals surface area (Å²) in [6.45, 7) is -0.340. The van der Waals surface area contributed by atoms with E-state index in [1.54, 1.807) is 30.3 Å². The highest BCUT2D eigenvalue weighted by Gasteiger charge is 2.38. The summed E-state index contributed by atoms with van der Waals surface area (Å²) in [5.41, 5.74) is 5.89. The number of esters is 1. The molecule has 1 aliphatic heterocycles. The lowest BCUT2D eigenvalue weighted by Gasteiger charge is -2.37. The molecular formula is C33H26N2O5. The molecule has 7 heteroatoms. The number of fused-ring (bicyclic) bond motifs is 3. The molecule has 0 unspecified atom stereocenters. The molecule has 40 heavy (non-hydrogen) atoms. The fourth-order valence-corrected chi connectivity index (χ4v) is 5.63. The van der Waals surface area contributed by atoms with E-state index < -0.39 is 10.9 Å². The minimum atomic E-state index is -0.548. The number of nitrogens with one attached hydrogen (secondary N) is 1. The van der Waals surface area contributed by atoms with Crippen molar-refractivity contribution in [3.05, 3.63) is 142 Å². The van der Waals surface area contributed by atoms with Gasteiger partial charge in [-0.2, -0.15) is 0 Å². The third-order valence-electron chi connectivity index (χ3n) is 7.71. The highest BCUT2D eigenvalue weighted by atomic mass is 16.6. The van der Waals surface area contributed by atoms with Crippen molar-refractivity contribution in [1.29, 1.82) is 0 Å². The lowest BCUT2D eigenvalue weighted by molar-refractivity contribution is -0.384. The van der Waals surface area contributed by atoms with E-state index in [1.807, 2.05) is 54.6 Å². The fraction of sp³-hybridized carbons (Fsp3) is 0.152. The number of allylic oxidation sites excluding steroid dienone is 2. The maximum atomic E-state index is 12.9. The Balaban J connectivity index is 1.14. The second-order valence-corrected chi connectivity index (χ2v) is 10.1. The molecule has 1 heterocycles. The van der Waals surface area contributed by atoms with Gasteiger partial charge in [0.1, 0.15) is 0 Å². The van der Waals surface area contributed by atoms with Crippen LogP contribution < -0.4 is 5.32 Å². The van der Waals surface area contributed by atoms with E-state index in [0.717, 1.165) is 34.4 Å². The van der Waals surface area contributed by atoms with Gasteiger partial charge in [0.15, 0.2) is 12.4 Å². The highest BCUT2D eigenvalue weighted by molar-refractivity contribution is 5.99. The van der Waals surface area contributed by atoms with Crippen molar-refractivity contribution in [3.8, 4) is 11.1 Å². The molecule has 1 N–H and O–H groups in total. The molecule has 0 fully saturated rings. The second kappa shape index (κ2) is 10.6. The topological polar surface area (TPSA) is 98.5 Å². The summed E-state index contributed by atoms with van der Waals surface area (Å²) in [7, 11) is 0. The molecule has 7 nitrogen and oxygen atoms in total. The number of nitrogens with zero attached hydrogens (tertiary/aromatic N) is 1. The average Bonchev–Trinajstić information content (AvgIpc) is 3.50. The summed E-state index contributed by atoms with van der Waals surface area (Å²) in [5, 5.41) is 14.6. The zero-order valence-electron chi connectivity index (χ0n) is 21.5. The molecular weight excluding hydrogens is 504 g/mol. The molecule has 4 aromatic rings. The van der Waals surface area contributed by atoms with Crippen LogP contribution in [0.3, 0.4) is 0 Å². The molecule has 0 radical (unpaired) electrons. The first kappa shape index (κ1) is 25.2. The van der Waals surface area contributed by atoms with Crippen LogP contribution in [0.1, 0.15) is 50.2 Å². The highest BCUT2D eigenvalue weighted by Crippen LogP contribution is 2.50. The second-order valence-electron chi connectivity index (χ2n) is 10.1. The van der Waals surface area contributed by atoms with E-state index in [-0.39, 0.29) is 36.0 Å². The molecule has 198 valence electrons. The van der Waals surface area contributed by atoms with Gasteiger partial charge in [-0.3, -0.25) is 14.9 Å². The molecule has 4 aromatic carbocycles. The number of carbonyl (C=O) groups excluding carboxylic acids is 2. The number of nitro groups is 1. The molecule has 0 amide bonds. The van der Waals surface area contributed by atoms with Gasteiger partial charge in [0.25, 0.3) is 5.69 Å². The minimum Gasteiger partial charge on any atom is -0.454 e. The smallest absolute Gasteiger partial charge is 0.338 e. The Bertz CT molecular complexity index is 1610. The first-order valence-electron chi connectivity index (χ1n) is 13.2. The van der Waals surface area contributed by atoms with Crippen molar-refractivity contribution in [1.82, 2.24) is 0 Å². The Hall–Kier alpha value is -5.04. The first-order valence-corrected chi connectivity index (χ1v) is 13.2. The van der Waals surface area contributed by atoms with Crippen molar-refractivity contribution in [2.75, 3.05) is 11.9 Å². The Kier molecular flexibility index (Phi) is 6.70. The van der Waals surface area contributed by atoms with Crippen molar-refractivity contribution in [2.24, 2.45) is 5.92 Å². The van der Waals surface area contributed by atoms with E-state index >= 15 is 0 Å². The molecule has 6 rings (SSSR count). The van der Waals surface area contributed by atoms with Crippen LogP contribution in [0, 0.1) is 16.0 Å². The van der Waals surface area contributed by atoms with E-state index in [1.165, 1.54) is 12.1 Å². The van der Waals surface area contributed by atoms with Crippen molar-refractivity contribution in [3.63, 3.8) is 0 Å². The Morgan fingerprint density at radius 3 is 2.30 bits per heavy atom. The summed E-state index contributed by atoms with van der Waals surface area (Å²) in [6, 6.07) is 29.2. The third kappa shape index (κ3) is 4.89. The lowest BCUT2D eigenvalue weighted by atomic mass is 9.76. The van der Waals surface area contributed by atoms with E-state index in [2.05, 4.69) is 17.5 Å². The van der Waals surface area contributed by atoms with Crippen LogP contribution in [0.4, 0.5) is 11.4 Å². The van der Waals surface area contributed by atoms with Gasteiger partial charge in [-0.05, 0) is 52.8 Å². The summed E-state index contributed by atoms with van der Waals surface area (Å²) < 4.78 is 5.40. The lowest BCUT2D eigenvalue weighted by Crippen LogP contribution is -2.29. The maximum Gasteiger partial charge on any atom is 0.338 e. The van der Waals surface area contributed by atoms with Gasteiger partial charge in [0, 0.05) is 29.3 Å². The number of carbonyl (C=O) groups is 2. The zero-order valence-corrected chi connectivity index (χ0v) is 21.5. The first-order chi connectivity index (χ1) is 19.5. The number of hydrogen-bond donors (Lipinski definition) is 1. The average molecular weight is 531 g/mol. The van der Waals surface area contributed by atoms with E-state index in [9.17, 15) is 19.7 Å². The number of hydrogen-bond acceptors (Lipinski definition) is 6. The van der Waals surface area contributed by atoms with Crippen LogP contribution in [-0.2, 0) is 4.74 Å². The van der Waals surface area contributed by atoms with Crippen LogP contribution in [0.2, 0.25) is 0 Å². The Labute approximate surface area is 231 Å². The van der Waals surface area contributed by atoms with Crippen molar-refractivity contribution >= 4 is 23.1 Å². The molecule has 0 aromatic heterocycles. The predicted molar refractivity (Wildman–Crippen MR) is 152 cm³/mol. The van der Waals surface area contributed by atoms with Crippen molar-refractivity contribution in [2.45, 2.75) is 18.4 Å². The van der Waals surface area contributed by atoms with Gasteiger partial charge in [-0.25, -0.2) is 4.79 Å². The predicted octanol–water partition coefficient (Wildman–Crippen LogP) is 7.13. The zero-order chi connectivity index (χ0) is 27.6.